The molecule has 3 aromatic heterocycles. The number of nitrogens with zero attached hydrogens (tertiary/aromatic N) is 5. The molecule has 0 atom stereocenters. The van der Waals surface area contributed by atoms with Crippen molar-refractivity contribution in [3.8, 4) is 0 Å². The molecule has 3 aromatic rings. The van der Waals surface area contributed by atoms with E-state index in [1.54, 1.807) is 23.3 Å². The average Bonchev–Trinajstić information content (AvgIpc) is 3.22. The van der Waals surface area contributed by atoms with Crippen LogP contribution < -0.4 is 5.32 Å². The minimum absolute atomic E-state index is 0.138. The van der Waals surface area contributed by atoms with Crippen LogP contribution in [0.4, 0.5) is 4.79 Å². The third kappa shape index (κ3) is 3.34. The lowest BCUT2D eigenvalue weighted by Crippen LogP contribution is -2.36. The number of urea groups is 1. The lowest BCUT2D eigenvalue weighted by molar-refractivity contribution is 0.206. The number of thiazole rings is 1. The highest BCUT2D eigenvalue weighted by Gasteiger charge is 2.17. The number of fused-ring (bicyclic) bond motifs is 2. The van der Waals surface area contributed by atoms with E-state index in [9.17, 15) is 4.79 Å². The minimum Gasteiger partial charge on any atom is -0.331 e. The number of aromatic nitrogens is 4. The van der Waals surface area contributed by atoms with Crippen molar-refractivity contribution in [2.45, 2.75) is 38.8 Å². The first kappa shape index (κ1) is 16.0. The van der Waals surface area contributed by atoms with Gasteiger partial charge in [-0.25, -0.2) is 9.78 Å². The molecule has 2 amide bonds. The molecule has 1 aliphatic rings. The Balaban J connectivity index is 1.36. The number of amides is 2. The molecule has 3 heterocycles. The molecular formula is C17H20N6OS. The van der Waals surface area contributed by atoms with E-state index in [0.717, 1.165) is 23.5 Å². The summed E-state index contributed by atoms with van der Waals surface area (Å²) in [5.74, 6) is 0.710. The van der Waals surface area contributed by atoms with Gasteiger partial charge in [-0.3, -0.25) is 4.40 Å². The van der Waals surface area contributed by atoms with Crippen LogP contribution in [0, 0.1) is 0 Å². The van der Waals surface area contributed by atoms with Gasteiger partial charge < -0.3 is 10.2 Å². The number of carbonyl (C=O) groups is 1. The van der Waals surface area contributed by atoms with Crippen molar-refractivity contribution in [3.05, 3.63) is 45.8 Å². The molecule has 0 fully saturated rings. The molecule has 0 saturated carbocycles. The summed E-state index contributed by atoms with van der Waals surface area (Å²) >= 11 is 1.74. The van der Waals surface area contributed by atoms with Crippen LogP contribution in [0.1, 0.15) is 34.2 Å². The van der Waals surface area contributed by atoms with E-state index in [4.69, 9.17) is 4.98 Å². The summed E-state index contributed by atoms with van der Waals surface area (Å²) in [5.41, 5.74) is 2.00. The maximum absolute atomic E-state index is 12.4. The first-order valence-electron chi connectivity index (χ1n) is 8.46. The van der Waals surface area contributed by atoms with E-state index in [0.29, 0.717) is 18.9 Å². The Kier molecular flexibility index (Phi) is 4.35. The number of hydrogen-bond donors (Lipinski definition) is 1. The predicted molar refractivity (Wildman–Crippen MR) is 95.4 cm³/mol. The Labute approximate surface area is 149 Å². The highest BCUT2D eigenvalue weighted by atomic mass is 32.1. The van der Waals surface area contributed by atoms with E-state index in [2.05, 4.69) is 15.5 Å². The summed E-state index contributed by atoms with van der Waals surface area (Å²) < 4.78 is 1.87. The molecule has 7 nitrogen and oxygen atoms in total. The maximum Gasteiger partial charge on any atom is 0.317 e. The minimum atomic E-state index is -0.138. The molecule has 1 aliphatic carbocycles. The largest absolute Gasteiger partial charge is 0.331 e. The normalized spacial score (nSPS) is 13.6. The SMILES string of the molecule is CN(Cc1nc2c(s1)CCCC2)C(=O)NCc1nnc2ccccn12. The van der Waals surface area contributed by atoms with Crippen LogP contribution in [0.2, 0.25) is 0 Å². The molecule has 0 aliphatic heterocycles. The average molecular weight is 356 g/mol. The number of carbonyl (C=O) groups excluding carboxylic acids is 1. The van der Waals surface area contributed by atoms with E-state index in [1.165, 1.54) is 23.4 Å². The highest BCUT2D eigenvalue weighted by molar-refractivity contribution is 7.11. The van der Waals surface area contributed by atoms with Crippen molar-refractivity contribution < 1.29 is 4.79 Å². The van der Waals surface area contributed by atoms with Gasteiger partial charge in [0.2, 0.25) is 0 Å². The van der Waals surface area contributed by atoms with Crippen LogP contribution in [0.5, 0.6) is 0 Å². The molecule has 0 bridgehead atoms. The zero-order chi connectivity index (χ0) is 17.2. The summed E-state index contributed by atoms with van der Waals surface area (Å²) in [6.45, 7) is 0.868. The van der Waals surface area contributed by atoms with Crippen LogP contribution in [0.15, 0.2) is 24.4 Å². The third-order valence-electron chi connectivity index (χ3n) is 4.39. The predicted octanol–water partition coefficient (Wildman–Crippen LogP) is 2.41. The quantitative estimate of drug-likeness (QED) is 0.779. The van der Waals surface area contributed by atoms with Crippen molar-refractivity contribution in [2.24, 2.45) is 0 Å². The standard InChI is InChI=1S/C17H20N6OS/c1-22(11-16-19-12-6-2-3-7-13(12)25-16)17(24)18-10-15-21-20-14-8-4-5-9-23(14)15/h4-5,8-9H,2-3,6-7,10-11H2,1H3,(H,18,24). The number of hydrogen-bond acceptors (Lipinski definition) is 5. The Morgan fingerprint density at radius 3 is 3.08 bits per heavy atom. The van der Waals surface area contributed by atoms with Gasteiger partial charge in [-0.05, 0) is 37.8 Å². The molecule has 0 spiro atoms. The molecule has 0 aromatic carbocycles. The molecule has 0 unspecified atom stereocenters. The summed E-state index contributed by atoms with van der Waals surface area (Å²) in [7, 11) is 1.79. The molecule has 25 heavy (non-hydrogen) atoms. The van der Waals surface area contributed by atoms with Crippen molar-refractivity contribution >= 4 is 23.0 Å². The first-order chi connectivity index (χ1) is 12.2. The van der Waals surface area contributed by atoms with Crippen molar-refractivity contribution in [2.75, 3.05) is 7.05 Å². The van der Waals surface area contributed by atoms with Gasteiger partial charge in [0.15, 0.2) is 11.5 Å². The van der Waals surface area contributed by atoms with E-state index in [1.807, 2.05) is 28.8 Å². The summed E-state index contributed by atoms with van der Waals surface area (Å²) in [4.78, 5) is 20.1. The number of pyridine rings is 1. The van der Waals surface area contributed by atoms with Gasteiger partial charge in [0, 0.05) is 18.1 Å². The third-order valence-corrected chi connectivity index (χ3v) is 5.53. The fraction of sp³-hybridized carbons (Fsp3) is 0.412. The zero-order valence-electron chi connectivity index (χ0n) is 14.1. The Morgan fingerprint density at radius 2 is 2.20 bits per heavy atom. The number of nitrogens with one attached hydrogen (secondary N) is 1. The van der Waals surface area contributed by atoms with Gasteiger partial charge in [-0.2, -0.15) is 0 Å². The fourth-order valence-corrected chi connectivity index (χ4v) is 4.26. The smallest absolute Gasteiger partial charge is 0.317 e. The molecule has 0 radical (unpaired) electrons. The van der Waals surface area contributed by atoms with Crippen LogP contribution in [0.3, 0.4) is 0 Å². The second kappa shape index (κ2) is 6.79. The van der Waals surface area contributed by atoms with Crippen LogP contribution in [-0.2, 0) is 25.9 Å². The van der Waals surface area contributed by atoms with Gasteiger partial charge in [0.1, 0.15) is 5.01 Å². The van der Waals surface area contributed by atoms with Gasteiger partial charge in [0.25, 0.3) is 0 Å². The summed E-state index contributed by atoms with van der Waals surface area (Å²) in [6, 6.07) is 5.57. The van der Waals surface area contributed by atoms with Gasteiger partial charge in [-0.15, -0.1) is 21.5 Å². The van der Waals surface area contributed by atoms with Crippen LogP contribution in [0.25, 0.3) is 5.65 Å². The van der Waals surface area contributed by atoms with E-state index < -0.39 is 0 Å². The first-order valence-corrected chi connectivity index (χ1v) is 9.27. The molecule has 0 saturated heterocycles. The van der Waals surface area contributed by atoms with Crippen LogP contribution >= 0.6 is 11.3 Å². The van der Waals surface area contributed by atoms with Crippen molar-refractivity contribution in [3.63, 3.8) is 0 Å². The second-order valence-corrected chi connectivity index (χ2v) is 7.41. The van der Waals surface area contributed by atoms with Crippen molar-refractivity contribution in [1.29, 1.82) is 0 Å². The van der Waals surface area contributed by atoms with Crippen LogP contribution in [-0.4, -0.2) is 37.6 Å². The fourth-order valence-electron chi connectivity index (χ4n) is 3.05. The molecule has 8 heteroatoms. The number of rotatable bonds is 4. The zero-order valence-corrected chi connectivity index (χ0v) is 14.9. The Bertz CT molecular complexity index is 878. The Morgan fingerprint density at radius 1 is 1.32 bits per heavy atom. The highest BCUT2D eigenvalue weighted by Crippen LogP contribution is 2.27. The summed E-state index contributed by atoms with van der Waals surface area (Å²) in [6.07, 6.45) is 6.56. The molecule has 4 rings (SSSR count). The van der Waals surface area contributed by atoms with E-state index >= 15 is 0 Å². The topological polar surface area (TPSA) is 75.4 Å². The number of aryl methyl sites for hydroxylation is 2. The van der Waals surface area contributed by atoms with Crippen molar-refractivity contribution in [1.82, 2.24) is 29.8 Å². The Hall–Kier alpha value is -2.48. The molecule has 1 N–H and O–H groups in total. The maximum atomic E-state index is 12.4. The lowest BCUT2D eigenvalue weighted by Gasteiger charge is -2.16. The molecular weight excluding hydrogens is 336 g/mol. The van der Waals surface area contributed by atoms with Gasteiger partial charge in [-0.1, -0.05) is 6.07 Å². The van der Waals surface area contributed by atoms with Gasteiger partial charge >= 0.3 is 6.03 Å². The van der Waals surface area contributed by atoms with E-state index in [-0.39, 0.29) is 6.03 Å². The second-order valence-electron chi connectivity index (χ2n) is 6.24. The monoisotopic (exact) mass is 356 g/mol. The summed E-state index contributed by atoms with van der Waals surface area (Å²) in [5, 5.41) is 12.1. The van der Waals surface area contributed by atoms with Gasteiger partial charge in [0.05, 0.1) is 18.8 Å². The lowest BCUT2D eigenvalue weighted by atomic mass is 10.0. The molecule has 130 valence electrons.